The number of nitrogens with zero attached hydrogens (tertiary/aromatic N) is 1. The van der Waals surface area contributed by atoms with Crippen LogP contribution in [0.15, 0.2) is 0 Å². The van der Waals surface area contributed by atoms with Gasteiger partial charge in [-0.15, -0.1) is 0 Å². The Bertz CT molecular complexity index is 314. The molecule has 3 aliphatic rings. The maximum atomic E-state index is 10.0. The third-order valence-electron chi connectivity index (χ3n) is 5.47. The van der Waals surface area contributed by atoms with Crippen molar-refractivity contribution in [3.63, 3.8) is 0 Å². The minimum atomic E-state index is -0.00396. The average Bonchev–Trinajstić information content (AvgIpc) is 3.25. The number of piperidine rings is 1. The van der Waals surface area contributed by atoms with Crippen molar-refractivity contribution in [1.29, 1.82) is 0 Å². The van der Waals surface area contributed by atoms with Crippen molar-refractivity contribution in [2.45, 2.75) is 70.0 Å². The lowest BCUT2D eigenvalue weighted by Crippen LogP contribution is -2.60. The summed E-state index contributed by atoms with van der Waals surface area (Å²) in [5, 5.41) is 13.8. The van der Waals surface area contributed by atoms with Crippen molar-refractivity contribution in [3.05, 3.63) is 0 Å². The van der Waals surface area contributed by atoms with Crippen molar-refractivity contribution < 1.29 is 5.11 Å². The van der Waals surface area contributed by atoms with E-state index in [4.69, 9.17) is 0 Å². The first-order chi connectivity index (χ1) is 9.13. The summed E-state index contributed by atoms with van der Waals surface area (Å²) in [6.45, 7) is 7.31. The van der Waals surface area contributed by atoms with E-state index in [0.29, 0.717) is 24.6 Å². The Hall–Kier alpha value is -0.120. The van der Waals surface area contributed by atoms with Gasteiger partial charge in [-0.05, 0) is 63.8 Å². The van der Waals surface area contributed by atoms with Gasteiger partial charge in [-0.3, -0.25) is 4.90 Å². The van der Waals surface area contributed by atoms with Crippen LogP contribution in [-0.2, 0) is 0 Å². The fourth-order valence-corrected chi connectivity index (χ4v) is 3.84. The van der Waals surface area contributed by atoms with E-state index in [1.165, 1.54) is 45.1 Å². The van der Waals surface area contributed by atoms with E-state index in [0.717, 1.165) is 12.5 Å². The van der Waals surface area contributed by atoms with Crippen LogP contribution in [0.4, 0.5) is 0 Å². The lowest BCUT2D eigenvalue weighted by Gasteiger charge is -2.44. The Morgan fingerprint density at radius 1 is 1.16 bits per heavy atom. The van der Waals surface area contributed by atoms with E-state index in [1.54, 1.807) is 0 Å². The molecular formula is C16H30N2O. The van der Waals surface area contributed by atoms with Crippen LogP contribution in [-0.4, -0.2) is 47.3 Å². The largest absolute Gasteiger partial charge is 0.394 e. The fraction of sp³-hybridized carbons (Fsp3) is 1.00. The molecule has 3 nitrogen and oxygen atoms in total. The molecule has 0 spiro atoms. The van der Waals surface area contributed by atoms with E-state index in [1.807, 2.05) is 0 Å². The quantitative estimate of drug-likeness (QED) is 0.772. The molecule has 0 aromatic rings. The molecule has 0 radical (unpaired) electrons. The Kier molecular flexibility index (Phi) is 3.89. The van der Waals surface area contributed by atoms with Crippen molar-refractivity contribution in [2.24, 2.45) is 11.8 Å². The van der Waals surface area contributed by atoms with Gasteiger partial charge >= 0.3 is 0 Å². The minimum absolute atomic E-state index is 0.00396. The number of aliphatic hydroxyl groups is 1. The molecule has 2 saturated carbocycles. The normalized spacial score (nSPS) is 36.2. The van der Waals surface area contributed by atoms with Crippen molar-refractivity contribution in [3.8, 4) is 0 Å². The Morgan fingerprint density at radius 2 is 1.89 bits per heavy atom. The molecule has 3 atom stereocenters. The third kappa shape index (κ3) is 3.14. The highest BCUT2D eigenvalue weighted by atomic mass is 16.3. The van der Waals surface area contributed by atoms with Crippen LogP contribution in [0, 0.1) is 11.8 Å². The smallest absolute Gasteiger partial charge is 0.0628 e. The first kappa shape index (κ1) is 13.8. The van der Waals surface area contributed by atoms with Gasteiger partial charge in [-0.1, -0.05) is 6.92 Å². The Balaban J connectivity index is 1.65. The van der Waals surface area contributed by atoms with E-state index >= 15 is 0 Å². The highest BCUT2D eigenvalue weighted by Crippen LogP contribution is 2.42. The van der Waals surface area contributed by atoms with Crippen molar-refractivity contribution in [1.82, 2.24) is 10.2 Å². The number of nitrogens with one attached hydrogen (secondary N) is 1. The molecule has 0 aromatic heterocycles. The highest BCUT2D eigenvalue weighted by molar-refractivity contribution is 5.06. The van der Waals surface area contributed by atoms with Crippen LogP contribution in [0.1, 0.15) is 52.4 Å². The highest BCUT2D eigenvalue weighted by Gasteiger charge is 2.48. The summed E-state index contributed by atoms with van der Waals surface area (Å²) in [4.78, 5) is 2.63. The first-order valence-electron chi connectivity index (χ1n) is 8.25. The van der Waals surface area contributed by atoms with E-state index in [2.05, 4.69) is 24.1 Å². The van der Waals surface area contributed by atoms with Gasteiger partial charge in [0.1, 0.15) is 0 Å². The lowest BCUT2D eigenvalue weighted by atomic mass is 9.88. The number of likely N-dealkylation sites (tertiary alicyclic amines) is 1. The molecule has 1 aliphatic heterocycles. The van der Waals surface area contributed by atoms with Crippen LogP contribution in [0.25, 0.3) is 0 Å². The zero-order chi connectivity index (χ0) is 13.5. The summed E-state index contributed by atoms with van der Waals surface area (Å²) >= 11 is 0. The number of hydrogen-bond acceptors (Lipinski definition) is 3. The van der Waals surface area contributed by atoms with Crippen molar-refractivity contribution >= 4 is 0 Å². The second-order valence-corrected chi connectivity index (χ2v) is 7.46. The molecule has 110 valence electrons. The number of hydrogen-bond donors (Lipinski definition) is 2. The molecule has 0 aromatic carbocycles. The predicted octanol–water partition coefficient (Wildman–Crippen LogP) is 2.00. The summed E-state index contributed by atoms with van der Waals surface area (Å²) in [5.74, 6) is 1.58. The third-order valence-corrected chi connectivity index (χ3v) is 5.47. The number of aliphatic hydroxyl groups excluding tert-OH is 1. The molecule has 1 heterocycles. The molecule has 3 heteroatoms. The maximum absolute atomic E-state index is 10.0. The monoisotopic (exact) mass is 266 g/mol. The minimum Gasteiger partial charge on any atom is -0.394 e. The van der Waals surface area contributed by atoms with Gasteiger partial charge < -0.3 is 10.4 Å². The second-order valence-electron chi connectivity index (χ2n) is 7.46. The van der Waals surface area contributed by atoms with E-state index < -0.39 is 0 Å². The SMILES string of the molecule is CC1CCN(CC(CO)(NC2CC2)C2CC2)C(C)C1. The molecule has 3 fully saturated rings. The van der Waals surface area contributed by atoms with Gasteiger partial charge in [0, 0.05) is 18.6 Å². The van der Waals surface area contributed by atoms with Crippen LogP contribution >= 0.6 is 0 Å². The molecule has 19 heavy (non-hydrogen) atoms. The Labute approximate surface area is 117 Å². The summed E-state index contributed by atoms with van der Waals surface area (Å²) in [7, 11) is 0. The van der Waals surface area contributed by atoms with Crippen molar-refractivity contribution in [2.75, 3.05) is 19.7 Å². The summed E-state index contributed by atoms with van der Waals surface area (Å²) in [5.41, 5.74) is -0.00396. The zero-order valence-electron chi connectivity index (χ0n) is 12.6. The molecule has 0 amide bonds. The summed E-state index contributed by atoms with van der Waals surface area (Å²) < 4.78 is 0. The fourth-order valence-electron chi connectivity index (χ4n) is 3.84. The molecule has 0 bridgehead atoms. The lowest BCUT2D eigenvalue weighted by molar-refractivity contribution is 0.0470. The molecule has 3 unspecified atom stereocenters. The van der Waals surface area contributed by atoms with Crippen LogP contribution in [0.3, 0.4) is 0 Å². The standard InChI is InChI=1S/C16H30N2O/c1-12-7-8-18(13(2)9-12)10-16(11-19,14-3-4-14)17-15-5-6-15/h12-15,17,19H,3-11H2,1-2H3. The topological polar surface area (TPSA) is 35.5 Å². The summed E-state index contributed by atoms with van der Waals surface area (Å²) in [6, 6.07) is 1.36. The first-order valence-corrected chi connectivity index (χ1v) is 8.25. The molecule has 2 N–H and O–H groups in total. The maximum Gasteiger partial charge on any atom is 0.0628 e. The van der Waals surface area contributed by atoms with Crippen LogP contribution < -0.4 is 5.32 Å². The van der Waals surface area contributed by atoms with Gasteiger partial charge in [0.15, 0.2) is 0 Å². The zero-order valence-corrected chi connectivity index (χ0v) is 12.6. The second kappa shape index (κ2) is 5.34. The van der Waals surface area contributed by atoms with Crippen LogP contribution in [0.5, 0.6) is 0 Å². The Morgan fingerprint density at radius 3 is 2.42 bits per heavy atom. The molecule has 3 rings (SSSR count). The van der Waals surface area contributed by atoms with E-state index in [-0.39, 0.29) is 5.54 Å². The van der Waals surface area contributed by atoms with Gasteiger partial charge in [-0.25, -0.2) is 0 Å². The van der Waals surface area contributed by atoms with Gasteiger partial charge in [0.05, 0.1) is 12.1 Å². The number of rotatable bonds is 6. The predicted molar refractivity (Wildman–Crippen MR) is 78.1 cm³/mol. The molecule has 2 aliphatic carbocycles. The molecule has 1 saturated heterocycles. The average molecular weight is 266 g/mol. The van der Waals surface area contributed by atoms with Gasteiger partial charge in [-0.2, -0.15) is 0 Å². The van der Waals surface area contributed by atoms with Gasteiger partial charge in [0.25, 0.3) is 0 Å². The van der Waals surface area contributed by atoms with E-state index in [9.17, 15) is 5.11 Å². The van der Waals surface area contributed by atoms with Gasteiger partial charge in [0.2, 0.25) is 0 Å². The summed E-state index contributed by atoms with van der Waals surface area (Å²) in [6.07, 6.45) is 7.86. The molecular weight excluding hydrogens is 236 g/mol. The van der Waals surface area contributed by atoms with Crippen LogP contribution in [0.2, 0.25) is 0 Å².